The van der Waals surface area contributed by atoms with Gasteiger partial charge in [-0.25, -0.2) is 13.5 Å². The van der Waals surface area contributed by atoms with Crippen molar-refractivity contribution in [3.63, 3.8) is 0 Å². The van der Waals surface area contributed by atoms with Gasteiger partial charge in [0.05, 0.1) is 23.0 Å². The zero-order valence-electron chi connectivity index (χ0n) is 18.8. The molecule has 0 bridgehead atoms. The fraction of sp³-hybridized carbons (Fsp3) is 0.346. The Balaban J connectivity index is 1.67. The highest BCUT2D eigenvalue weighted by molar-refractivity contribution is 5.43. The van der Waals surface area contributed by atoms with Crippen molar-refractivity contribution in [3.8, 4) is 17.3 Å². The standard InChI is InChI=1S/C26H29F2N3O2/c1-3-4-5-23(32)16-30(21-12-13-21)17-25-18(2)29-31(22-10-6-19(27)7-11-22)26(25)33-24-14-8-20(28)9-15-24/h3,6-11,14-15,21,23,32H,1,4-5,12-13,16-17H2,2H3/t23-/m1/s1. The van der Waals surface area contributed by atoms with Gasteiger partial charge in [-0.15, -0.1) is 6.58 Å². The van der Waals surface area contributed by atoms with E-state index in [1.54, 1.807) is 28.9 Å². The molecule has 3 aromatic rings. The van der Waals surface area contributed by atoms with Crippen LogP contribution in [0.1, 0.15) is 36.9 Å². The minimum atomic E-state index is -0.447. The van der Waals surface area contributed by atoms with Gasteiger partial charge in [-0.1, -0.05) is 6.08 Å². The highest BCUT2D eigenvalue weighted by Crippen LogP contribution is 2.35. The lowest BCUT2D eigenvalue weighted by molar-refractivity contribution is 0.0975. The third-order valence-corrected chi connectivity index (χ3v) is 5.81. The summed E-state index contributed by atoms with van der Waals surface area (Å²) in [5, 5.41) is 15.2. The SMILES string of the molecule is C=CCC[C@@H](O)CN(Cc1c(C)nn(-c2ccc(F)cc2)c1Oc1ccc(F)cc1)C1CC1. The molecule has 7 heteroatoms. The zero-order valence-corrected chi connectivity index (χ0v) is 18.8. The van der Waals surface area contributed by atoms with E-state index in [4.69, 9.17) is 4.74 Å². The van der Waals surface area contributed by atoms with Crippen molar-refractivity contribution >= 4 is 0 Å². The largest absolute Gasteiger partial charge is 0.439 e. The summed E-state index contributed by atoms with van der Waals surface area (Å²) in [6.45, 7) is 6.75. The molecule has 0 radical (unpaired) electrons. The Labute approximate surface area is 192 Å². The fourth-order valence-corrected chi connectivity index (χ4v) is 3.85. The zero-order chi connectivity index (χ0) is 23.4. The van der Waals surface area contributed by atoms with Gasteiger partial charge in [-0.2, -0.15) is 5.10 Å². The molecule has 1 aliphatic carbocycles. The number of aliphatic hydroxyl groups excluding tert-OH is 1. The van der Waals surface area contributed by atoms with Gasteiger partial charge in [0.25, 0.3) is 0 Å². The molecule has 1 aliphatic rings. The van der Waals surface area contributed by atoms with E-state index >= 15 is 0 Å². The van der Waals surface area contributed by atoms with Gasteiger partial charge in [0.1, 0.15) is 17.4 Å². The Morgan fingerprint density at radius 2 is 1.79 bits per heavy atom. The molecule has 0 spiro atoms. The van der Waals surface area contributed by atoms with Gasteiger partial charge in [0.2, 0.25) is 5.88 Å². The molecule has 1 aromatic heterocycles. The summed E-state index contributed by atoms with van der Waals surface area (Å²) >= 11 is 0. The van der Waals surface area contributed by atoms with Crippen LogP contribution in [0.5, 0.6) is 11.6 Å². The minimum absolute atomic E-state index is 0.336. The molecule has 0 aliphatic heterocycles. The van der Waals surface area contributed by atoms with Crippen molar-refractivity contribution in [3.05, 3.63) is 84.1 Å². The second-order valence-corrected chi connectivity index (χ2v) is 8.49. The number of aliphatic hydroxyl groups is 1. The van der Waals surface area contributed by atoms with Crippen molar-refractivity contribution in [2.45, 2.75) is 51.3 Å². The van der Waals surface area contributed by atoms with Crippen LogP contribution in [0, 0.1) is 18.6 Å². The normalized spacial score (nSPS) is 14.5. The van der Waals surface area contributed by atoms with Crippen LogP contribution in [0.15, 0.2) is 61.2 Å². The first-order valence-corrected chi connectivity index (χ1v) is 11.3. The summed E-state index contributed by atoms with van der Waals surface area (Å²) in [6.07, 6.45) is 4.98. The average molecular weight is 454 g/mol. The Morgan fingerprint density at radius 3 is 2.39 bits per heavy atom. The van der Waals surface area contributed by atoms with Crippen LogP contribution in [0.3, 0.4) is 0 Å². The second kappa shape index (κ2) is 10.3. The van der Waals surface area contributed by atoms with E-state index in [1.165, 1.54) is 24.3 Å². The molecule has 2 aromatic carbocycles. The number of nitrogens with zero attached hydrogens (tertiary/aromatic N) is 3. The van der Waals surface area contributed by atoms with Crippen molar-refractivity contribution < 1.29 is 18.6 Å². The molecule has 0 unspecified atom stereocenters. The van der Waals surface area contributed by atoms with E-state index < -0.39 is 6.10 Å². The predicted molar refractivity (Wildman–Crippen MR) is 124 cm³/mol. The number of benzene rings is 2. The number of hydrogen-bond donors (Lipinski definition) is 1. The summed E-state index contributed by atoms with van der Waals surface area (Å²) in [4.78, 5) is 2.27. The quantitative estimate of drug-likeness (QED) is 0.387. The van der Waals surface area contributed by atoms with E-state index in [0.717, 1.165) is 30.5 Å². The topological polar surface area (TPSA) is 50.5 Å². The monoisotopic (exact) mass is 453 g/mol. The van der Waals surface area contributed by atoms with Gasteiger partial charge >= 0.3 is 0 Å². The van der Waals surface area contributed by atoms with Gasteiger partial charge in [-0.05, 0) is 81.1 Å². The van der Waals surface area contributed by atoms with Crippen LogP contribution in [-0.4, -0.2) is 38.5 Å². The number of allylic oxidation sites excluding steroid dienone is 1. The molecule has 174 valence electrons. The van der Waals surface area contributed by atoms with Crippen molar-refractivity contribution in [2.24, 2.45) is 0 Å². The summed E-state index contributed by atoms with van der Waals surface area (Å²) in [7, 11) is 0. The van der Waals surface area contributed by atoms with Crippen molar-refractivity contribution in [1.82, 2.24) is 14.7 Å². The average Bonchev–Trinajstić information content (AvgIpc) is 3.61. The van der Waals surface area contributed by atoms with Gasteiger partial charge in [-0.3, -0.25) is 4.90 Å². The maximum Gasteiger partial charge on any atom is 0.227 e. The maximum absolute atomic E-state index is 13.5. The van der Waals surface area contributed by atoms with Crippen LogP contribution in [-0.2, 0) is 6.54 Å². The molecule has 4 rings (SSSR count). The molecule has 1 saturated carbocycles. The van der Waals surface area contributed by atoms with E-state index in [2.05, 4.69) is 16.6 Å². The molecule has 1 atom stereocenters. The van der Waals surface area contributed by atoms with Gasteiger partial charge in [0, 0.05) is 19.1 Å². The smallest absolute Gasteiger partial charge is 0.227 e. The summed E-state index contributed by atoms with van der Waals surface area (Å²) in [5.41, 5.74) is 2.32. The maximum atomic E-state index is 13.5. The summed E-state index contributed by atoms with van der Waals surface area (Å²) in [6, 6.07) is 12.2. The third-order valence-electron chi connectivity index (χ3n) is 5.81. The molecular weight excluding hydrogens is 424 g/mol. The molecule has 33 heavy (non-hydrogen) atoms. The second-order valence-electron chi connectivity index (χ2n) is 8.49. The number of hydrogen-bond acceptors (Lipinski definition) is 4. The molecule has 0 amide bonds. The van der Waals surface area contributed by atoms with E-state index in [9.17, 15) is 13.9 Å². The number of ether oxygens (including phenoxy) is 1. The molecule has 1 fully saturated rings. The van der Waals surface area contributed by atoms with Crippen molar-refractivity contribution in [2.75, 3.05) is 6.54 Å². The number of halogens is 2. The molecule has 0 saturated heterocycles. The van der Waals surface area contributed by atoms with Gasteiger partial charge < -0.3 is 9.84 Å². The molecule has 1 heterocycles. The summed E-state index contributed by atoms with van der Waals surface area (Å²) < 4.78 is 34.8. The predicted octanol–water partition coefficient (Wildman–Crippen LogP) is 5.54. The van der Waals surface area contributed by atoms with Crippen LogP contribution >= 0.6 is 0 Å². The molecular formula is C26H29F2N3O2. The summed E-state index contributed by atoms with van der Waals surface area (Å²) in [5.74, 6) is 0.290. The molecule has 1 N–H and O–H groups in total. The van der Waals surface area contributed by atoms with Crippen LogP contribution in [0.4, 0.5) is 8.78 Å². The van der Waals surface area contributed by atoms with Crippen molar-refractivity contribution in [1.29, 1.82) is 0 Å². The van der Waals surface area contributed by atoms with E-state index in [-0.39, 0.29) is 11.6 Å². The Kier molecular flexibility index (Phi) is 7.20. The Morgan fingerprint density at radius 1 is 1.15 bits per heavy atom. The van der Waals surface area contributed by atoms with E-state index in [0.29, 0.717) is 42.9 Å². The first-order valence-electron chi connectivity index (χ1n) is 11.3. The highest BCUT2D eigenvalue weighted by Gasteiger charge is 2.32. The number of rotatable bonds is 11. The van der Waals surface area contributed by atoms with E-state index in [1.807, 2.05) is 13.0 Å². The fourth-order valence-electron chi connectivity index (χ4n) is 3.85. The van der Waals surface area contributed by atoms with Crippen LogP contribution < -0.4 is 4.74 Å². The lowest BCUT2D eigenvalue weighted by Crippen LogP contribution is -2.34. The van der Waals surface area contributed by atoms with Crippen LogP contribution in [0.25, 0.3) is 5.69 Å². The lowest BCUT2D eigenvalue weighted by Gasteiger charge is -2.25. The Bertz CT molecular complexity index is 1080. The minimum Gasteiger partial charge on any atom is -0.439 e. The first-order chi connectivity index (χ1) is 15.9. The van der Waals surface area contributed by atoms with Crippen LogP contribution in [0.2, 0.25) is 0 Å². The number of aromatic nitrogens is 2. The third kappa shape index (κ3) is 5.86. The Hall–Kier alpha value is -3.03. The molecule has 5 nitrogen and oxygen atoms in total. The first kappa shape index (κ1) is 23.1. The highest BCUT2D eigenvalue weighted by atomic mass is 19.1. The van der Waals surface area contributed by atoms with Gasteiger partial charge in [0.15, 0.2) is 0 Å². The number of aryl methyl sites for hydroxylation is 1. The lowest BCUT2D eigenvalue weighted by atomic mass is 10.1.